The van der Waals surface area contributed by atoms with E-state index in [0.29, 0.717) is 16.2 Å². The summed E-state index contributed by atoms with van der Waals surface area (Å²) < 4.78 is 10.2. The molecule has 1 aromatic carbocycles. The van der Waals surface area contributed by atoms with Crippen LogP contribution in [0.15, 0.2) is 28.1 Å². The number of thioether (sulfide) groups is 1. The zero-order chi connectivity index (χ0) is 17.7. The number of nitrogens with zero attached hydrogens (tertiary/aromatic N) is 1. The van der Waals surface area contributed by atoms with Crippen molar-refractivity contribution in [3.8, 4) is 11.5 Å². The van der Waals surface area contributed by atoms with E-state index in [1.54, 1.807) is 18.2 Å². The smallest absolute Gasteiger partial charge is 0.286 e. The van der Waals surface area contributed by atoms with Crippen LogP contribution in [0.2, 0.25) is 0 Å². The molecule has 1 aromatic rings. The van der Waals surface area contributed by atoms with Crippen LogP contribution in [-0.2, 0) is 14.4 Å². The van der Waals surface area contributed by atoms with Gasteiger partial charge in [0.15, 0.2) is 16.7 Å². The second kappa shape index (κ2) is 7.64. The minimum Gasteiger partial charge on any atom is -0.546 e. The Hall–Kier alpha value is -2.81. The largest absolute Gasteiger partial charge is 0.546 e. The number of carboxylic acids is 1. The van der Waals surface area contributed by atoms with Crippen molar-refractivity contribution in [3.05, 3.63) is 28.7 Å². The van der Waals surface area contributed by atoms with Gasteiger partial charge in [-0.05, 0) is 35.5 Å². The Morgan fingerprint density at radius 1 is 1.38 bits per heavy atom. The van der Waals surface area contributed by atoms with E-state index in [0.717, 1.165) is 11.8 Å². The maximum atomic E-state index is 11.8. The number of carbonyl (C=O) groups excluding carboxylic acids is 3. The van der Waals surface area contributed by atoms with Crippen molar-refractivity contribution in [2.75, 3.05) is 13.7 Å². The molecule has 9 heteroatoms. The van der Waals surface area contributed by atoms with Gasteiger partial charge in [0.1, 0.15) is 6.61 Å². The molecule has 1 N–H and O–H groups in total. The number of hydrogen-bond acceptors (Lipinski definition) is 7. The van der Waals surface area contributed by atoms with Crippen molar-refractivity contribution in [3.63, 3.8) is 0 Å². The molecule has 0 aromatic heterocycles. The molecule has 126 valence electrons. The number of aliphatic imine (C=N–C) groups is 1. The molecule has 1 aliphatic rings. The number of rotatable bonds is 5. The summed E-state index contributed by atoms with van der Waals surface area (Å²) in [6, 6.07) is 4.74. The Morgan fingerprint density at radius 2 is 2.12 bits per heavy atom. The molecule has 0 unspecified atom stereocenters. The van der Waals surface area contributed by atoms with Gasteiger partial charge in [0.2, 0.25) is 5.91 Å². The highest BCUT2D eigenvalue weighted by Crippen LogP contribution is 2.32. The Morgan fingerprint density at radius 3 is 2.75 bits per heavy atom. The lowest BCUT2D eigenvalue weighted by Crippen LogP contribution is -2.29. The van der Waals surface area contributed by atoms with Crippen LogP contribution in [0.25, 0.3) is 6.08 Å². The van der Waals surface area contributed by atoms with Gasteiger partial charge in [-0.3, -0.25) is 9.59 Å². The molecule has 0 saturated carbocycles. The third-order valence-corrected chi connectivity index (χ3v) is 3.63. The summed E-state index contributed by atoms with van der Waals surface area (Å²) in [6.45, 7) is 0.727. The van der Waals surface area contributed by atoms with E-state index in [9.17, 15) is 19.5 Å². The molecule has 0 atom stereocenters. The number of amidine groups is 1. The highest BCUT2D eigenvalue weighted by Gasteiger charge is 2.22. The number of methoxy groups -OCH3 is 1. The summed E-state index contributed by atoms with van der Waals surface area (Å²) in [4.78, 5) is 37.3. The lowest BCUT2D eigenvalue weighted by Gasteiger charge is -2.11. The van der Waals surface area contributed by atoms with Crippen LogP contribution in [0.4, 0.5) is 0 Å². The monoisotopic (exact) mass is 349 g/mol. The SMILES string of the molecule is COc1cc(C=C2SC(NC(C)=O)=NC2=O)ccc1OCC(=O)[O-]. The summed E-state index contributed by atoms with van der Waals surface area (Å²) in [6.07, 6.45) is 1.58. The van der Waals surface area contributed by atoms with Gasteiger partial charge >= 0.3 is 0 Å². The van der Waals surface area contributed by atoms with Crippen molar-refractivity contribution in [1.29, 1.82) is 0 Å². The zero-order valence-electron chi connectivity index (χ0n) is 12.8. The Labute approximate surface area is 141 Å². The summed E-state index contributed by atoms with van der Waals surface area (Å²) >= 11 is 1.05. The first kappa shape index (κ1) is 17.5. The maximum absolute atomic E-state index is 11.8. The number of amides is 2. The Bertz CT molecular complexity index is 756. The number of carbonyl (C=O) groups is 3. The molecule has 1 aliphatic heterocycles. The van der Waals surface area contributed by atoms with E-state index in [1.807, 2.05) is 0 Å². The normalized spacial score (nSPS) is 15.2. The van der Waals surface area contributed by atoms with Gasteiger partial charge in [-0.2, -0.15) is 4.99 Å². The average molecular weight is 349 g/mol. The van der Waals surface area contributed by atoms with Gasteiger partial charge in [0.25, 0.3) is 5.91 Å². The number of benzene rings is 1. The van der Waals surface area contributed by atoms with Gasteiger partial charge in [0, 0.05) is 6.92 Å². The van der Waals surface area contributed by atoms with Crippen molar-refractivity contribution >= 4 is 40.8 Å². The highest BCUT2D eigenvalue weighted by atomic mass is 32.2. The maximum Gasteiger partial charge on any atom is 0.286 e. The fourth-order valence-electron chi connectivity index (χ4n) is 1.79. The van der Waals surface area contributed by atoms with Gasteiger partial charge in [-0.25, -0.2) is 0 Å². The molecule has 1 heterocycles. The van der Waals surface area contributed by atoms with Crippen LogP contribution in [0, 0.1) is 0 Å². The van der Waals surface area contributed by atoms with E-state index in [2.05, 4.69) is 10.3 Å². The van der Waals surface area contributed by atoms with E-state index in [1.165, 1.54) is 20.1 Å². The van der Waals surface area contributed by atoms with E-state index >= 15 is 0 Å². The van der Waals surface area contributed by atoms with Crippen LogP contribution in [-0.4, -0.2) is 36.7 Å². The molecular weight excluding hydrogens is 336 g/mol. The minimum absolute atomic E-state index is 0.222. The van der Waals surface area contributed by atoms with E-state index in [-0.39, 0.29) is 16.8 Å². The second-order valence-electron chi connectivity index (χ2n) is 4.58. The molecule has 0 spiro atoms. The molecule has 8 nitrogen and oxygen atoms in total. The second-order valence-corrected chi connectivity index (χ2v) is 5.62. The number of carboxylic acid groups (broad SMARTS) is 1. The van der Waals surface area contributed by atoms with Crippen molar-refractivity contribution in [2.24, 2.45) is 4.99 Å². The number of aliphatic carboxylic acids is 1. The van der Waals surface area contributed by atoms with Gasteiger partial charge in [-0.15, -0.1) is 0 Å². The average Bonchev–Trinajstić information content (AvgIpc) is 2.84. The molecule has 24 heavy (non-hydrogen) atoms. The molecule has 0 saturated heterocycles. The van der Waals surface area contributed by atoms with Crippen LogP contribution in [0.5, 0.6) is 11.5 Å². The van der Waals surface area contributed by atoms with Crippen LogP contribution >= 0.6 is 11.8 Å². The molecule has 0 fully saturated rings. The topological polar surface area (TPSA) is 117 Å². The van der Waals surface area contributed by atoms with Crippen LogP contribution in [0.1, 0.15) is 12.5 Å². The summed E-state index contributed by atoms with van der Waals surface area (Å²) in [5.74, 6) is -1.57. The molecular formula is C15H13N2O6S-. The molecule has 0 aliphatic carbocycles. The predicted octanol–water partition coefficient (Wildman–Crippen LogP) is -0.0697. The number of hydrogen-bond donors (Lipinski definition) is 1. The fourth-order valence-corrected chi connectivity index (χ4v) is 2.65. The van der Waals surface area contributed by atoms with Crippen molar-refractivity contribution < 1.29 is 29.0 Å². The van der Waals surface area contributed by atoms with Gasteiger partial charge in [-0.1, -0.05) is 6.07 Å². The lowest BCUT2D eigenvalue weighted by atomic mass is 10.2. The first-order valence-corrected chi connectivity index (χ1v) is 7.51. The molecule has 2 rings (SSSR count). The first-order chi connectivity index (χ1) is 11.4. The Balaban J connectivity index is 2.17. The molecule has 2 amide bonds. The van der Waals surface area contributed by atoms with Gasteiger partial charge < -0.3 is 24.7 Å². The van der Waals surface area contributed by atoms with Crippen LogP contribution < -0.4 is 19.9 Å². The third kappa shape index (κ3) is 4.59. The Kier molecular flexibility index (Phi) is 5.59. The van der Waals surface area contributed by atoms with E-state index in [4.69, 9.17) is 9.47 Å². The zero-order valence-corrected chi connectivity index (χ0v) is 13.6. The molecule has 0 bridgehead atoms. The highest BCUT2D eigenvalue weighted by molar-refractivity contribution is 8.18. The predicted molar refractivity (Wildman–Crippen MR) is 85.3 cm³/mol. The fraction of sp³-hybridized carbons (Fsp3) is 0.200. The van der Waals surface area contributed by atoms with E-state index < -0.39 is 18.5 Å². The molecule has 0 radical (unpaired) electrons. The minimum atomic E-state index is -1.35. The number of ether oxygens (including phenoxy) is 2. The lowest BCUT2D eigenvalue weighted by molar-refractivity contribution is -0.307. The summed E-state index contributed by atoms with van der Waals surface area (Å²) in [7, 11) is 1.41. The van der Waals surface area contributed by atoms with Gasteiger partial charge in [0.05, 0.1) is 18.0 Å². The third-order valence-electron chi connectivity index (χ3n) is 2.73. The quantitative estimate of drug-likeness (QED) is 0.739. The first-order valence-electron chi connectivity index (χ1n) is 6.70. The van der Waals surface area contributed by atoms with Crippen molar-refractivity contribution in [2.45, 2.75) is 6.92 Å². The number of nitrogens with one attached hydrogen (secondary N) is 1. The van der Waals surface area contributed by atoms with Crippen LogP contribution in [0.3, 0.4) is 0 Å². The standard InChI is InChI=1S/C15H14N2O6S/c1-8(18)16-15-17-14(21)12(24-15)6-9-3-4-10(11(5-9)22-2)23-7-13(19)20/h3-6H,7H2,1-2H3,(H,19,20)(H,16,17,18,21)/p-1. The summed E-state index contributed by atoms with van der Waals surface area (Å²) in [5, 5.41) is 13.1. The summed E-state index contributed by atoms with van der Waals surface area (Å²) in [5.41, 5.74) is 0.628. The van der Waals surface area contributed by atoms with Crippen molar-refractivity contribution in [1.82, 2.24) is 5.32 Å².